The van der Waals surface area contributed by atoms with Crippen LogP contribution in [0.5, 0.6) is 0 Å². The van der Waals surface area contributed by atoms with Crippen molar-refractivity contribution < 1.29 is 9.90 Å². The van der Waals surface area contributed by atoms with Gasteiger partial charge in [-0.1, -0.05) is 32.6 Å². The molecule has 1 rings (SSSR count). The Kier molecular flexibility index (Phi) is 5.36. The monoisotopic (exact) mass is 254 g/mol. The van der Waals surface area contributed by atoms with E-state index in [-0.39, 0.29) is 17.3 Å². The van der Waals surface area contributed by atoms with Crippen LogP contribution in [-0.2, 0) is 4.79 Å². The molecule has 1 fully saturated rings. The zero-order chi connectivity index (χ0) is 12.8. The first kappa shape index (κ1) is 13.9. The molecule has 0 spiro atoms. The fourth-order valence-electron chi connectivity index (χ4n) is 1.52. The molecule has 0 saturated heterocycles. The normalized spacial score (nSPS) is 16.1. The third kappa shape index (κ3) is 3.97. The minimum atomic E-state index is -0.490. The van der Waals surface area contributed by atoms with E-state index in [4.69, 9.17) is 5.26 Å². The molecule has 5 heteroatoms. The number of aliphatic hydroxyl groups is 1. The zero-order valence-corrected chi connectivity index (χ0v) is 10.9. The van der Waals surface area contributed by atoms with Gasteiger partial charge in [0.15, 0.2) is 5.57 Å². The van der Waals surface area contributed by atoms with Crippen LogP contribution < -0.4 is 0 Å². The molecule has 1 aliphatic carbocycles. The Labute approximate surface area is 107 Å². The molecule has 0 aromatic carbocycles. The van der Waals surface area contributed by atoms with Crippen molar-refractivity contribution in [2.75, 3.05) is 6.54 Å². The lowest BCUT2D eigenvalue weighted by Crippen LogP contribution is -2.25. The number of rotatable bonds is 6. The molecule has 0 aliphatic heterocycles. The lowest BCUT2D eigenvalue weighted by atomic mass is 10.1. The first-order chi connectivity index (χ1) is 8.11. The highest BCUT2D eigenvalue weighted by molar-refractivity contribution is 7.78. The highest BCUT2D eigenvalue weighted by Gasteiger charge is 2.31. The summed E-state index contributed by atoms with van der Waals surface area (Å²) in [6, 6.07) is 1.78. The van der Waals surface area contributed by atoms with Crippen molar-refractivity contribution >= 4 is 18.7 Å². The Hall–Kier alpha value is -1.15. The van der Waals surface area contributed by atoms with E-state index in [1.807, 2.05) is 0 Å². The molecular formula is C12H18N2O2S. The molecule has 0 radical (unpaired) electrons. The Morgan fingerprint density at radius 3 is 2.65 bits per heavy atom. The summed E-state index contributed by atoms with van der Waals surface area (Å²) >= 11 is 4.06. The van der Waals surface area contributed by atoms with Gasteiger partial charge in [-0.15, -0.1) is 0 Å². The second kappa shape index (κ2) is 6.55. The molecule has 1 aliphatic rings. The molecule has 4 nitrogen and oxygen atoms in total. The van der Waals surface area contributed by atoms with Gasteiger partial charge < -0.3 is 5.11 Å². The van der Waals surface area contributed by atoms with Crippen LogP contribution in [0.4, 0.5) is 0 Å². The smallest absolute Gasteiger partial charge is 0.277 e. The largest absolute Gasteiger partial charge is 0.510 e. The predicted molar refractivity (Wildman–Crippen MR) is 68.2 cm³/mol. The number of amides is 1. The van der Waals surface area contributed by atoms with Crippen LogP contribution in [0.3, 0.4) is 0 Å². The molecule has 1 N–H and O–H groups in total. The van der Waals surface area contributed by atoms with Crippen LogP contribution in [0.2, 0.25) is 0 Å². The highest BCUT2D eigenvalue weighted by atomic mass is 32.1. The van der Waals surface area contributed by atoms with Crippen LogP contribution in [0.1, 0.15) is 39.0 Å². The first-order valence-corrected chi connectivity index (χ1v) is 6.35. The molecule has 1 amide bonds. The quantitative estimate of drug-likeness (QED) is 0.252. The van der Waals surface area contributed by atoms with Crippen molar-refractivity contribution in [3.63, 3.8) is 0 Å². The molecular weight excluding hydrogens is 236 g/mol. The number of thiol groups is 1. The Balaban J connectivity index is 2.60. The van der Waals surface area contributed by atoms with Crippen molar-refractivity contribution in [1.82, 2.24) is 4.31 Å². The highest BCUT2D eigenvalue weighted by Crippen LogP contribution is 2.36. The van der Waals surface area contributed by atoms with E-state index >= 15 is 0 Å². The molecule has 1 saturated carbocycles. The fraction of sp³-hybridized carbons (Fsp3) is 0.667. The summed E-state index contributed by atoms with van der Waals surface area (Å²) in [5.41, 5.74) is -0.154. The summed E-state index contributed by atoms with van der Waals surface area (Å²) < 4.78 is 1.22. The van der Waals surface area contributed by atoms with Crippen molar-refractivity contribution in [2.24, 2.45) is 5.92 Å². The van der Waals surface area contributed by atoms with Gasteiger partial charge in [-0.25, -0.2) is 0 Å². The number of nitriles is 1. The lowest BCUT2D eigenvalue weighted by molar-refractivity contribution is -0.122. The van der Waals surface area contributed by atoms with Crippen molar-refractivity contribution in [1.29, 1.82) is 5.26 Å². The van der Waals surface area contributed by atoms with Gasteiger partial charge in [0, 0.05) is 12.5 Å². The number of unbranched alkanes of at least 4 members (excludes halogenated alkanes) is 2. The van der Waals surface area contributed by atoms with Crippen LogP contribution in [0, 0.1) is 17.2 Å². The summed E-state index contributed by atoms with van der Waals surface area (Å²) in [5.74, 6) is -0.547. The Bertz CT molecular complexity index is 356. The van der Waals surface area contributed by atoms with Gasteiger partial charge in [0.25, 0.3) is 5.91 Å². The summed E-state index contributed by atoms with van der Waals surface area (Å²) in [6.45, 7) is 2.57. The number of hydrogen-bond acceptors (Lipinski definition) is 4. The third-order valence-corrected chi connectivity index (χ3v) is 3.14. The summed E-state index contributed by atoms with van der Waals surface area (Å²) in [5, 5.41) is 18.6. The maximum atomic E-state index is 11.9. The van der Waals surface area contributed by atoms with E-state index in [1.165, 1.54) is 4.31 Å². The number of allylic oxidation sites excluding steroid dienone is 1. The molecule has 17 heavy (non-hydrogen) atoms. The zero-order valence-electron chi connectivity index (χ0n) is 10.0. The Morgan fingerprint density at radius 2 is 2.18 bits per heavy atom. The number of carbonyl (C=O) groups excluding carboxylic acids is 1. The fourth-order valence-corrected chi connectivity index (χ4v) is 1.76. The molecule has 0 aromatic rings. The van der Waals surface area contributed by atoms with Crippen molar-refractivity contribution in [3.05, 3.63) is 11.3 Å². The average molecular weight is 254 g/mol. The number of hydrogen-bond donors (Lipinski definition) is 2. The van der Waals surface area contributed by atoms with E-state index in [1.54, 1.807) is 6.07 Å². The number of carbonyl (C=O) groups is 1. The van der Waals surface area contributed by atoms with Gasteiger partial charge in [0.05, 0.1) is 0 Å². The van der Waals surface area contributed by atoms with Gasteiger partial charge in [0.2, 0.25) is 0 Å². The molecule has 0 aromatic heterocycles. The van der Waals surface area contributed by atoms with E-state index in [0.717, 1.165) is 32.1 Å². The van der Waals surface area contributed by atoms with Gasteiger partial charge in [-0.3, -0.25) is 9.10 Å². The molecule has 0 heterocycles. The summed E-state index contributed by atoms with van der Waals surface area (Å²) in [6.07, 6.45) is 4.64. The molecule has 0 unspecified atom stereocenters. The van der Waals surface area contributed by atoms with E-state index in [9.17, 15) is 9.90 Å². The van der Waals surface area contributed by atoms with Gasteiger partial charge in [-0.05, 0) is 19.3 Å². The molecule has 94 valence electrons. The second-order valence-corrected chi connectivity index (χ2v) is 4.76. The summed E-state index contributed by atoms with van der Waals surface area (Å²) in [7, 11) is 0. The van der Waals surface area contributed by atoms with Crippen LogP contribution >= 0.6 is 12.8 Å². The van der Waals surface area contributed by atoms with E-state index < -0.39 is 5.91 Å². The maximum Gasteiger partial charge on any atom is 0.277 e. The van der Waals surface area contributed by atoms with E-state index in [0.29, 0.717) is 6.54 Å². The molecule has 0 bridgehead atoms. The summed E-state index contributed by atoms with van der Waals surface area (Å²) in [4.78, 5) is 11.9. The van der Waals surface area contributed by atoms with Crippen molar-refractivity contribution in [2.45, 2.75) is 39.0 Å². The van der Waals surface area contributed by atoms with Crippen LogP contribution in [-0.4, -0.2) is 21.9 Å². The standard InChI is InChI=1S/C12H18N2O2S/c1-2-3-4-7-14(17)12(16)10(8-13)11(15)9-5-6-9/h9,15,17H,2-7H2,1H3. The first-order valence-electron chi connectivity index (χ1n) is 5.95. The maximum absolute atomic E-state index is 11.9. The van der Waals surface area contributed by atoms with Crippen LogP contribution in [0.15, 0.2) is 11.3 Å². The van der Waals surface area contributed by atoms with Crippen molar-refractivity contribution in [3.8, 4) is 6.07 Å². The minimum Gasteiger partial charge on any atom is -0.510 e. The van der Waals surface area contributed by atoms with Crippen LogP contribution in [0.25, 0.3) is 0 Å². The third-order valence-electron chi connectivity index (χ3n) is 2.75. The lowest BCUT2D eigenvalue weighted by Gasteiger charge is -2.15. The average Bonchev–Trinajstić information content (AvgIpc) is 3.13. The topological polar surface area (TPSA) is 64.3 Å². The van der Waals surface area contributed by atoms with Gasteiger partial charge in [-0.2, -0.15) is 5.26 Å². The van der Waals surface area contributed by atoms with E-state index in [2.05, 4.69) is 19.7 Å². The SMILES string of the molecule is CCCCCN(S)C(=O)C(C#N)=C(O)C1CC1. The number of aliphatic hydroxyl groups excluding tert-OH is 1. The Morgan fingerprint density at radius 1 is 1.53 bits per heavy atom. The minimum absolute atomic E-state index is 0.00553. The van der Waals surface area contributed by atoms with Gasteiger partial charge >= 0.3 is 0 Å². The van der Waals surface area contributed by atoms with Gasteiger partial charge in [0.1, 0.15) is 11.8 Å². The molecule has 0 atom stereocenters. The second-order valence-electron chi connectivity index (χ2n) is 4.28. The number of nitrogens with zero attached hydrogens (tertiary/aromatic N) is 2. The predicted octanol–water partition coefficient (Wildman–Crippen LogP) is 2.60.